The Morgan fingerprint density at radius 2 is 1.86 bits per heavy atom. The van der Waals surface area contributed by atoms with Crippen LogP contribution in [0.25, 0.3) is 11.3 Å². The van der Waals surface area contributed by atoms with Crippen LogP contribution < -0.4 is 19.6 Å². The Balaban J connectivity index is 1.75. The molecule has 10 heteroatoms. The van der Waals surface area contributed by atoms with Gasteiger partial charge in [-0.05, 0) is 12.1 Å². The van der Waals surface area contributed by atoms with Crippen LogP contribution in [0.5, 0.6) is 17.2 Å². The first kappa shape index (κ1) is 20.1. The van der Waals surface area contributed by atoms with Gasteiger partial charge in [-0.1, -0.05) is 12.1 Å². The highest BCUT2D eigenvalue weighted by Crippen LogP contribution is 2.37. The van der Waals surface area contributed by atoms with Gasteiger partial charge in [0, 0.05) is 28.6 Å². The van der Waals surface area contributed by atoms with E-state index in [0.29, 0.717) is 33.6 Å². The Bertz CT molecular complexity index is 1030. The van der Waals surface area contributed by atoms with Crippen LogP contribution in [-0.2, 0) is 0 Å². The van der Waals surface area contributed by atoms with Gasteiger partial charge in [-0.3, -0.25) is 15.5 Å². The minimum atomic E-state index is -0.434. The number of methoxy groups -OCH3 is 3. The van der Waals surface area contributed by atoms with E-state index in [9.17, 15) is 10.1 Å². The molecule has 2 aromatic carbocycles. The van der Waals surface area contributed by atoms with Crippen LogP contribution in [0, 0.1) is 10.1 Å². The fraction of sp³-hybridized carbons (Fsp3) is 0.158. The number of nitro groups is 1. The Kier molecular flexibility index (Phi) is 6.25. The molecule has 3 aromatic rings. The van der Waals surface area contributed by atoms with Gasteiger partial charge < -0.3 is 14.2 Å². The number of ether oxygens (including phenoxy) is 3. The van der Waals surface area contributed by atoms with Crippen molar-refractivity contribution < 1.29 is 19.1 Å². The predicted molar refractivity (Wildman–Crippen MR) is 112 cm³/mol. The van der Waals surface area contributed by atoms with Gasteiger partial charge in [-0.15, -0.1) is 11.3 Å². The maximum atomic E-state index is 10.9. The highest BCUT2D eigenvalue weighted by Gasteiger charge is 2.12. The first-order valence-electron chi connectivity index (χ1n) is 8.35. The van der Waals surface area contributed by atoms with Gasteiger partial charge in [0.15, 0.2) is 11.5 Å². The summed E-state index contributed by atoms with van der Waals surface area (Å²) in [6.07, 6.45) is 1.60. The van der Waals surface area contributed by atoms with Crippen molar-refractivity contribution in [2.24, 2.45) is 5.10 Å². The number of nitro benzene ring substituents is 1. The Morgan fingerprint density at radius 1 is 1.14 bits per heavy atom. The summed E-state index contributed by atoms with van der Waals surface area (Å²) in [4.78, 5) is 14.9. The molecule has 1 heterocycles. The number of nitrogens with zero attached hydrogens (tertiary/aromatic N) is 3. The highest BCUT2D eigenvalue weighted by atomic mass is 32.1. The second kappa shape index (κ2) is 9.02. The number of nitrogens with one attached hydrogen (secondary N) is 1. The van der Waals surface area contributed by atoms with E-state index in [1.165, 1.54) is 30.6 Å². The smallest absolute Gasteiger partial charge is 0.270 e. The molecule has 0 spiro atoms. The third kappa shape index (κ3) is 4.61. The zero-order valence-electron chi connectivity index (χ0n) is 15.9. The minimum Gasteiger partial charge on any atom is -0.493 e. The molecule has 0 aliphatic rings. The maximum Gasteiger partial charge on any atom is 0.270 e. The van der Waals surface area contributed by atoms with E-state index in [1.54, 1.807) is 50.1 Å². The minimum absolute atomic E-state index is 0.0189. The third-order valence-electron chi connectivity index (χ3n) is 3.92. The van der Waals surface area contributed by atoms with Crippen molar-refractivity contribution >= 4 is 28.4 Å². The van der Waals surface area contributed by atoms with Gasteiger partial charge in [0.1, 0.15) is 0 Å². The molecule has 0 unspecified atom stereocenters. The van der Waals surface area contributed by atoms with Crippen LogP contribution in [0.3, 0.4) is 0 Å². The van der Waals surface area contributed by atoms with Crippen molar-refractivity contribution in [1.29, 1.82) is 0 Å². The number of hydrazone groups is 1. The molecule has 0 atom stereocenters. The maximum absolute atomic E-state index is 10.9. The molecule has 0 saturated carbocycles. The van der Waals surface area contributed by atoms with Crippen molar-refractivity contribution in [3.05, 3.63) is 57.5 Å². The Hall–Kier alpha value is -3.66. The molecule has 0 saturated heterocycles. The quantitative estimate of drug-likeness (QED) is 0.334. The first-order chi connectivity index (χ1) is 14.0. The summed E-state index contributed by atoms with van der Waals surface area (Å²) in [6.45, 7) is 0. The number of non-ortho nitro benzene ring substituents is 1. The lowest BCUT2D eigenvalue weighted by molar-refractivity contribution is -0.384. The van der Waals surface area contributed by atoms with Crippen LogP contribution >= 0.6 is 11.3 Å². The molecule has 3 rings (SSSR count). The van der Waals surface area contributed by atoms with Crippen molar-refractivity contribution in [3.63, 3.8) is 0 Å². The Morgan fingerprint density at radius 3 is 2.48 bits per heavy atom. The SMILES string of the molecule is COc1cc(/C=N\Nc2nc(-c3cccc([N+](=O)[O-])c3)cs2)cc(OC)c1OC. The van der Waals surface area contributed by atoms with Crippen LogP contribution in [0.2, 0.25) is 0 Å². The summed E-state index contributed by atoms with van der Waals surface area (Å²) in [6, 6.07) is 9.86. The lowest BCUT2D eigenvalue weighted by Gasteiger charge is -2.12. The standard InChI is InChI=1S/C19H18N4O5S/c1-26-16-7-12(8-17(27-2)18(16)28-3)10-20-22-19-21-15(11-29-19)13-5-4-6-14(9-13)23(24)25/h4-11H,1-3H3,(H,21,22)/b20-10-. The third-order valence-corrected chi connectivity index (χ3v) is 4.66. The van der Waals surface area contributed by atoms with E-state index in [1.807, 2.05) is 0 Å². The molecule has 0 aliphatic heterocycles. The molecular formula is C19H18N4O5S. The van der Waals surface area contributed by atoms with Crippen LogP contribution in [0.15, 0.2) is 46.9 Å². The van der Waals surface area contributed by atoms with Crippen molar-refractivity contribution in [3.8, 4) is 28.5 Å². The van der Waals surface area contributed by atoms with Gasteiger partial charge in [0.05, 0.1) is 38.2 Å². The number of aromatic nitrogens is 1. The second-order valence-electron chi connectivity index (χ2n) is 5.67. The summed E-state index contributed by atoms with van der Waals surface area (Å²) in [5.74, 6) is 1.55. The molecule has 0 fully saturated rings. The number of rotatable bonds is 8. The fourth-order valence-corrected chi connectivity index (χ4v) is 3.24. The van der Waals surface area contributed by atoms with Crippen LogP contribution in [0.4, 0.5) is 10.8 Å². The molecule has 0 amide bonds. The largest absolute Gasteiger partial charge is 0.493 e. The second-order valence-corrected chi connectivity index (χ2v) is 6.53. The van der Waals surface area contributed by atoms with Crippen molar-refractivity contribution in [1.82, 2.24) is 4.98 Å². The number of anilines is 1. The van der Waals surface area contributed by atoms with Gasteiger partial charge in [0.2, 0.25) is 10.9 Å². The summed E-state index contributed by atoms with van der Waals surface area (Å²) in [5.41, 5.74) is 4.90. The lowest BCUT2D eigenvalue weighted by atomic mass is 10.1. The average Bonchev–Trinajstić information content (AvgIpc) is 3.22. The molecular weight excluding hydrogens is 396 g/mol. The van der Waals surface area contributed by atoms with Gasteiger partial charge in [-0.2, -0.15) is 5.10 Å². The first-order valence-corrected chi connectivity index (χ1v) is 9.23. The molecule has 0 bridgehead atoms. The van der Waals surface area contributed by atoms with Crippen molar-refractivity contribution in [2.75, 3.05) is 26.8 Å². The van der Waals surface area contributed by atoms with Crippen molar-refractivity contribution in [2.45, 2.75) is 0 Å². The van der Waals surface area contributed by atoms with E-state index in [0.717, 1.165) is 5.56 Å². The molecule has 9 nitrogen and oxygen atoms in total. The molecule has 150 valence electrons. The highest BCUT2D eigenvalue weighted by molar-refractivity contribution is 7.14. The topological polar surface area (TPSA) is 108 Å². The summed E-state index contributed by atoms with van der Waals surface area (Å²) >= 11 is 1.34. The van der Waals surface area contributed by atoms with E-state index >= 15 is 0 Å². The summed E-state index contributed by atoms with van der Waals surface area (Å²) in [7, 11) is 4.63. The van der Waals surface area contributed by atoms with E-state index in [-0.39, 0.29) is 5.69 Å². The monoisotopic (exact) mass is 414 g/mol. The van der Waals surface area contributed by atoms with Gasteiger partial charge >= 0.3 is 0 Å². The molecule has 1 N–H and O–H groups in total. The summed E-state index contributed by atoms with van der Waals surface area (Å²) < 4.78 is 15.9. The number of hydrogen-bond acceptors (Lipinski definition) is 9. The van der Waals surface area contributed by atoms with Crippen LogP contribution in [0.1, 0.15) is 5.56 Å². The van der Waals surface area contributed by atoms with E-state index < -0.39 is 4.92 Å². The van der Waals surface area contributed by atoms with E-state index in [4.69, 9.17) is 14.2 Å². The number of hydrogen-bond donors (Lipinski definition) is 1. The number of thiazole rings is 1. The lowest BCUT2D eigenvalue weighted by Crippen LogP contribution is -1.97. The molecule has 1 aromatic heterocycles. The fourth-order valence-electron chi connectivity index (χ4n) is 2.57. The van der Waals surface area contributed by atoms with Gasteiger partial charge in [-0.25, -0.2) is 4.98 Å². The zero-order valence-corrected chi connectivity index (χ0v) is 16.7. The average molecular weight is 414 g/mol. The van der Waals surface area contributed by atoms with E-state index in [2.05, 4.69) is 15.5 Å². The van der Waals surface area contributed by atoms with Gasteiger partial charge in [0.25, 0.3) is 5.69 Å². The predicted octanol–water partition coefficient (Wildman–Crippen LogP) is 4.19. The van der Waals surface area contributed by atoms with Crippen LogP contribution in [-0.4, -0.2) is 37.5 Å². The summed E-state index contributed by atoms with van der Waals surface area (Å²) in [5, 5.41) is 17.5. The Labute approximate surface area is 170 Å². The normalized spacial score (nSPS) is 10.7. The number of benzene rings is 2. The molecule has 29 heavy (non-hydrogen) atoms. The molecule has 0 radical (unpaired) electrons. The zero-order chi connectivity index (χ0) is 20.8. The molecule has 0 aliphatic carbocycles.